The summed E-state index contributed by atoms with van der Waals surface area (Å²) < 4.78 is 17.5. The summed E-state index contributed by atoms with van der Waals surface area (Å²) in [5, 5.41) is 30.9. The van der Waals surface area contributed by atoms with Crippen molar-refractivity contribution in [3.8, 4) is 0 Å². The highest BCUT2D eigenvalue weighted by molar-refractivity contribution is 5.47. The third-order valence-electron chi connectivity index (χ3n) is 5.91. The zero-order valence-electron chi connectivity index (χ0n) is 17.8. The number of hydrogen-bond acceptors (Lipinski definition) is 6. The monoisotopic (exact) mass is 436 g/mol. The van der Waals surface area contributed by atoms with Gasteiger partial charge in [-0.3, -0.25) is 0 Å². The van der Waals surface area contributed by atoms with Crippen molar-refractivity contribution in [2.75, 3.05) is 13.7 Å². The Bertz CT molecular complexity index is 867. The molecule has 1 heterocycles. The molecule has 6 nitrogen and oxygen atoms in total. The van der Waals surface area contributed by atoms with Gasteiger partial charge in [0.15, 0.2) is 6.29 Å². The average molecular weight is 437 g/mol. The van der Waals surface area contributed by atoms with E-state index in [0.29, 0.717) is 0 Å². The van der Waals surface area contributed by atoms with Crippen LogP contribution in [0.1, 0.15) is 16.7 Å². The van der Waals surface area contributed by atoms with Gasteiger partial charge in [0.25, 0.3) is 0 Å². The number of aliphatic hydroxyl groups excluding tert-OH is 3. The Labute approximate surface area is 187 Å². The molecule has 0 saturated carbocycles. The molecule has 3 aromatic carbocycles. The van der Waals surface area contributed by atoms with E-state index in [1.165, 1.54) is 7.11 Å². The highest BCUT2D eigenvalue weighted by Gasteiger charge is 2.46. The van der Waals surface area contributed by atoms with Crippen LogP contribution in [0.15, 0.2) is 91.0 Å². The lowest BCUT2D eigenvalue weighted by Crippen LogP contribution is -2.59. The second-order valence-corrected chi connectivity index (χ2v) is 7.84. The summed E-state index contributed by atoms with van der Waals surface area (Å²) in [5.74, 6) is 0. The summed E-state index contributed by atoms with van der Waals surface area (Å²) in [4.78, 5) is 0. The quantitative estimate of drug-likeness (QED) is 0.493. The van der Waals surface area contributed by atoms with Gasteiger partial charge < -0.3 is 29.5 Å². The second-order valence-electron chi connectivity index (χ2n) is 7.84. The molecule has 0 unspecified atom stereocenters. The number of hydrogen-bond donors (Lipinski definition) is 3. The Kier molecular flexibility index (Phi) is 7.01. The van der Waals surface area contributed by atoms with Gasteiger partial charge in [-0.1, -0.05) is 91.0 Å². The van der Waals surface area contributed by atoms with Gasteiger partial charge in [0.1, 0.15) is 30.0 Å². The van der Waals surface area contributed by atoms with E-state index in [4.69, 9.17) is 14.2 Å². The second kappa shape index (κ2) is 9.92. The van der Waals surface area contributed by atoms with Crippen LogP contribution in [-0.2, 0) is 19.8 Å². The molecule has 32 heavy (non-hydrogen) atoms. The Balaban J connectivity index is 1.77. The Hall–Kier alpha value is -2.58. The average Bonchev–Trinajstić information content (AvgIpc) is 2.86. The fourth-order valence-corrected chi connectivity index (χ4v) is 4.22. The molecule has 1 aliphatic rings. The van der Waals surface area contributed by atoms with Gasteiger partial charge >= 0.3 is 0 Å². The minimum atomic E-state index is -1.41. The first-order chi connectivity index (χ1) is 15.6. The Morgan fingerprint density at radius 1 is 0.688 bits per heavy atom. The lowest BCUT2D eigenvalue weighted by Gasteiger charge is -2.42. The molecule has 168 valence electrons. The molecule has 0 aliphatic carbocycles. The number of ether oxygens (including phenoxy) is 3. The summed E-state index contributed by atoms with van der Waals surface area (Å²) in [5.41, 5.74) is 1.74. The standard InChI is InChI=1S/C26H28O6/c1-30-25-24(29)23(28)22(27)21(32-25)17-31-26(18-11-5-2-6-12-18,19-13-7-3-8-14-19)20-15-9-4-10-16-20/h2-16,21-25,27-29H,17H2,1H3/t21-,22-,23-,24+,25+/m1/s1. The van der Waals surface area contributed by atoms with E-state index in [2.05, 4.69) is 0 Å². The van der Waals surface area contributed by atoms with Crippen LogP contribution in [-0.4, -0.2) is 59.7 Å². The summed E-state index contributed by atoms with van der Waals surface area (Å²) in [6.45, 7) is -0.0521. The molecule has 0 bridgehead atoms. The van der Waals surface area contributed by atoms with Crippen LogP contribution in [0.5, 0.6) is 0 Å². The van der Waals surface area contributed by atoms with E-state index in [1.54, 1.807) is 0 Å². The molecular formula is C26H28O6. The van der Waals surface area contributed by atoms with E-state index in [1.807, 2.05) is 91.0 Å². The summed E-state index contributed by atoms with van der Waals surface area (Å²) >= 11 is 0. The zero-order chi connectivity index (χ0) is 22.6. The number of rotatable bonds is 7. The lowest BCUT2D eigenvalue weighted by atomic mass is 9.80. The van der Waals surface area contributed by atoms with Crippen molar-refractivity contribution in [3.63, 3.8) is 0 Å². The summed E-state index contributed by atoms with van der Waals surface area (Å²) in [6, 6.07) is 29.5. The van der Waals surface area contributed by atoms with Crippen LogP contribution in [0, 0.1) is 0 Å². The third kappa shape index (κ3) is 4.21. The molecule has 0 aromatic heterocycles. The zero-order valence-corrected chi connectivity index (χ0v) is 17.8. The van der Waals surface area contributed by atoms with Gasteiger partial charge in [0.05, 0.1) is 6.61 Å². The van der Waals surface area contributed by atoms with E-state index in [-0.39, 0.29) is 6.61 Å². The molecule has 3 N–H and O–H groups in total. The molecule has 0 amide bonds. The van der Waals surface area contributed by atoms with Crippen LogP contribution in [0.3, 0.4) is 0 Å². The van der Waals surface area contributed by atoms with Gasteiger partial charge in [-0.05, 0) is 16.7 Å². The summed E-state index contributed by atoms with van der Waals surface area (Å²) in [7, 11) is 1.37. The van der Waals surface area contributed by atoms with Crippen LogP contribution in [0.2, 0.25) is 0 Å². The Morgan fingerprint density at radius 2 is 1.12 bits per heavy atom. The number of benzene rings is 3. The SMILES string of the molecule is CO[C@H]1O[C@H](COC(c2ccccc2)(c2ccccc2)c2ccccc2)[C@@H](O)[C@@H](O)[C@@H]1O. The summed E-state index contributed by atoms with van der Waals surface area (Å²) in [6.07, 6.45) is -6.08. The lowest BCUT2D eigenvalue weighted by molar-refractivity contribution is -0.299. The van der Waals surface area contributed by atoms with Crippen molar-refractivity contribution in [3.05, 3.63) is 108 Å². The van der Waals surface area contributed by atoms with E-state index in [9.17, 15) is 15.3 Å². The highest BCUT2D eigenvalue weighted by Crippen LogP contribution is 2.41. The highest BCUT2D eigenvalue weighted by atomic mass is 16.7. The molecule has 3 aromatic rings. The van der Waals surface area contributed by atoms with Gasteiger partial charge in [0, 0.05) is 7.11 Å². The largest absolute Gasteiger partial charge is 0.387 e. The normalized spacial score (nSPS) is 26.1. The molecule has 1 fully saturated rings. The topological polar surface area (TPSA) is 88.4 Å². The first kappa shape index (κ1) is 22.6. The van der Waals surface area contributed by atoms with Crippen LogP contribution < -0.4 is 0 Å². The molecule has 5 atom stereocenters. The molecular weight excluding hydrogens is 408 g/mol. The van der Waals surface area contributed by atoms with Crippen molar-refractivity contribution in [1.29, 1.82) is 0 Å². The molecule has 6 heteroatoms. The van der Waals surface area contributed by atoms with Gasteiger partial charge in [-0.2, -0.15) is 0 Å². The van der Waals surface area contributed by atoms with Crippen molar-refractivity contribution in [2.24, 2.45) is 0 Å². The first-order valence-corrected chi connectivity index (χ1v) is 10.6. The van der Waals surface area contributed by atoms with Crippen molar-refractivity contribution in [2.45, 2.75) is 36.3 Å². The van der Waals surface area contributed by atoms with E-state index >= 15 is 0 Å². The van der Waals surface area contributed by atoms with Gasteiger partial charge in [-0.15, -0.1) is 0 Å². The van der Waals surface area contributed by atoms with Gasteiger partial charge in [-0.25, -0.2) is 0 Å². The van der Waals surface area contributed by atoms with Crippen LogP contribution in [0.25, 0.3) is 0 Å². The minimum Gasteiger partial charge on any atom is -0.387 e. The maximum atomic E-state index is 10.6. The predicted octanol–water partition coefficient (Wildman–Crippen LogP) is 2.45. The Morgan fingerprint density at radius 3 is 1.53 bits per heavy atom. The minimum absolute atomic E-state index is 0.0521. The maximum absolute atomic E-state index is 10.6. The smallest absolute Gasteiger partial charge is 0.186 e. The van der Waals surface area contributed by atoms with Crippen LogP contribution >= 0.6 is 0 Å². The molecule has 1 aliphatic heterocycles. The van der Waals surface area contributed by atoms with Crippen LogP contribution in [0.4, 0.5) is 0 Å². The van der Waals surface area contributed by atoms with Gasteiger partial charge in [0.2, 0.25) is 0 Å². The first-order valence-electron chi connectivity index (χ1n) is 10.6. The van der Waals surface area contributed by atoms with Crippen molar-refractivity contribution >= 4 is 0 Å². The molecule has 0 radical (unpaired) electrons. The predicted molar refractivity (Wildman–Crippen MR) is 119 cm³/mol. The van der Waals surface area contributed by atoms with Crippen molar-refractivity contribution in [1.82, 2.24) is 0 Å². The fraction of sp³-hybridized carbons (Fsp3) is 0.308. The number of aliphatic hydroxyl groups is 3. The van der Waals surface area contributed by atoms with E-state index < -0.39 is 36.3 Å². The molecule has 1 saturated heterocycles. The maximum Gasteiger partial charge on any atom is 0.186 e. The molecule has 0 spiro atoms. The third-order valence-corrected chi connectivity index (χ3v) is 5.91. The van der Waals surface area contributed by atoms with E-state index in [0.717, 1.165) is 16.7 Å². The molecule has 4 rings (SSSR count). The van der Waals surface area contributed by atoms with Crippen molar-refractivity contribution < 1.29 is 29.5 Å². The fourth-order valence-electron chi connectivity index (χ4n) is 4.22. The number of methoxy groups -OCH3 is 1.